The van der Waals surface area contributed by atoms with E-state index in [-0.39, 0.29) is 0 Å². The summed E-state index contributed by atoms with van der Waals surface area (Å²) in [6.07, 6.45) is 2.04. The van der Waals surface area contributed by atoms with Crippen LogP contribution in [0.25, 0.3) is 11.1 Å². The quantitative estimate of drug-likeness (QED) is 0.453. The normalized spacial score (nSPS) is 11.0. The summed E-state index contributed by atoms with van der Waals surface area (Å²) in [5, 5.41) is 2.38. The van der Waals surface area contributed by atoms with Crippen LogP contribution in [0.4, 0.5) is 11.5 Å². The number of rotatable bonds is 3. The van der Waals surface area contributed by atoms with Gasteiger partial charge in [-0.3, -0.25) is 5.01 Å². The van der Waals surface area contributed by atoms with E-state index in [2.05, 4.69) is 9.97 Å². The van der Waals surface area contributed by atoms with Crippen molar-refractivity contribution in [3.05, 3.63) is 41.9 Å². The largest absolute Gasteiger partial charge is 0.443 e. The standard InChI is InChI=1S/C15H16N4OS/c1-9-8-13-14(17-10(2)18-15(13)20-9)19(16)11-4-6-12(21-3)7-5-11/h4-8H,16H2,1-3H3. The topological polar surface area (TPSA) is 68.2 Å². The first-order chi connectivity index (χ1) is 10.1. The summed E-state index contributed by atoms with van der Waals surface area (Å²) >= 11 is 1.69. The van der Waals surface area contributed by atoms with Crippen molar-refractivity contribution >= 4 is 34.4 Å². The molecule has 0 aliphatic heterocycles. The highest BCUT2D eigenvalue weighted by atomic mass is 32.2. The molecule has 108 valence electrons. The van der Waals surface area contributed by atoms with Crippen LogP contribution in [0.15, 0.2) is 39.6 Å². The molecule has 6 heteroatoms. The van der Waals surface area contributed by atoms with E-state index < -0.39 is 0 Å². The fourth-order valence-electron chi connectivity index (χ4n) is 2.18. The maximum Gasteiger partial charge on any atom is 0.231 e. The maximum atomic E-state index is 6.25. The van der Waals surface area contributed by atoms with Crippen molar-refractivity contribution in [3.63, 3.8) is 0 Å². The molecule has 3 aromatic rings. The molecule has 3 rings (SSSR count). The molecular weight excluding hydrogens is 284 g/mol. The van der Waals surface area contributed by atoms with Crippen molar-refractivity contribution < 1.29 is 4.42 Å². The number of hydrazine groups is 1. The van der Waals surface area contributed by atoms with Gasteiger partial charge in [-0.25, -0.2) is 10.8 Å². The average molecular weight is 300 g/mol. The van der Waals surface area contributed by atoms with Gasteiger partial charge in [-0.1, -0.05) is 0 Å². The molecule has 2 heterocycles. The summed E-state index contributed by atoms with van der Waals surface area (Å²) in [6.45, 7) is 3.71. The molecule has 0 fully saturated rings. The highest BCUT2D eigenvalue weighted by Crippen LogP contribution is 2.30. The Labute approximate surface area is 127 Å². The number of nitrogens with two attached hydrogens (primary N) is 1. The lowest BCUT2D eigenvalue weighted by Crippen LogP contribution is -2.26. The van der Waals surface area contributed by atoms with E-state index in [4.69, 9.17) is 10.3 Å². The van der Waals surface area contributed by atoms with Crippen molar-refractivity contribution in [1.29, 1.82) is 0 Å². The van der Waals surface area contributed by atoms with Gasteiger partial charge in [0.2, 0.25) is 5.71 Å². The van der Waals surface area contributed by atoms with Gasteiger partial charge in [-0.15, -0.1) is 11.8 Å². The highest BCUT2D eigenvalue weighted by Gasteiger charge is 2.15. The molecule has 0 unspecified atom stereocenters. The molecule has 0 saturated heterocycles. The van der Waals surface area contributed by atoms with Crippen molar-refractivity contribution in [2.24, 2.45) is 5.84 Å². The first-order valence-corrected chi connectivity index (χ1v) is 7.74. The van der Waals surface area contributed by atoms with Crippen molar-refractivity contribution in [2.75, 3.05) is 11.3 Å². The van der Waals surface area contributed by atoms with Crippen LogP contribution in [0.2, 0.25) is 0 Å². The van der Waals surface area contributed by atoms with Gasteiger partial charge in [0.1, 0.15) is 11.6 Å². The second-order valence-corrected chi connectivity index (χ2v) is 5.62. The number of hydrogen-bond acceptors (Lipinski definition) is 6. The lowest BCUT2D eigenvalue weighted by molar-refractivity contribution is 0.566. The molecule has 0 aliphatic rings. The Hall–Kier alpha value is -2.05. The maximum absolute atomic E-state index is 6.25. The Kier molecular flexibility index (Phi) is 3.57. The Morgan fingerprint density at radius 1 is 1.14 bits per heavy atom. The predicted octanol–water partition coefficient (Wildman–Crippen LogP) is 3.57. The number of fused-ring (bicyclic) bond motifs is 1. The number of aryl methyl sites for hydroxylation is 2. The van der Waals surface area contributed by atoms with Gasteiger partial charge in [0.25, 0.3) is 0 Å². The molecule has 21 heavy (non-hydrogen) atoms. The van der Waals surface area contributed by atoms with E-state index >= 15 is 0 Å². The number of anilines is 2. The molecule has 0 spiro atoms. The lowest BCUT2D eigenvalue weighted by atomic mass is 10.3. The van der Waals surface area contributed by atoms with Gasteiger partial charge < -0.3 is 4.42 Å². The number of furan rings is 1. The Morgan fingerprint density at radius 3 is 2.52 bits per heavy atom. The van der Waals surface area contributed by atoms with Crippen molar-refractivity contribution in [3.8, 4) is 0 Å². The summed E-state index contributed by atoms with van der Waals surface area (Å²) in [5.41, 5.74) is 1.43. The lowest BCUT2D eigenvalue weighted by Gasteiger charge is -2.18. The van der Waals surface area contributed by atoms with Gasteiger partial charge >= 0.3 is 0 Å². The van der Waals surface area contributed by atoms with E-state index in [1.807, 2.05) is 50.4 Å². The molecule has 0 saturated carbocycles. The van der Waals surface area contributed by atoms with Crippen LogP contribution in [0.5, 0.6) is 0 Å². The van der Waals surface area contributed by atoms with Crippen LogP contribution in [-0.2, 0) is 0 Å². The van der Waals surface area contributed by atoms with Crippen LogP contribution in [0.1, 0.15) is 11.6 Å². The van der Waals surface area contributed by atoms with E-state index in [1.165, 1.54) is 4.90 Å². The molecule has 0 bridgehead atoms. The Balaban J connectivity index is 2.09. The second kappa shape index (κ2) is 5.38. The Bertz CT molecular complexity index is 782. The fraction of sp³-hybridized carbons (Fsp3) is 0.200. The molecule has 0 radical (unpaired) electrons. The molecule has 0 atom stereocenters. The van der Waals surface area contributed by atoms with E-state index in [0.717, 1.165) is 16.8 Å². The first-order valence-electron chi connectivity index (χ1n) is 6.52. The van der Waals surface area contributed by atoms with Gasteiger partial charge in [-0.2, -0.15) is 4.98 Å². The molecular formula is C15H16N4OS. The SMILES string of the molecule is CSc1ccc(N(N)c2nc(C)nc3oc(C)cc23)cc1. The molecule has 2 N–H and O–H groups in total. The minimum Gasteiger partial charge on any atom is -0.443 e. The monoisotopic (exact) mass is 300 g/mol. The first kappa shape index (κ1) is 13.9. The van der Waals surface area contributed by atoms with Gasteiger partial charge in [0.05, 0.1) is 11.1 Å². The second-order valence-electron chi connectivity index (χ2n) is 4.74. The smallest absolute Gasteiger partial charge is 0.231 e. The highest BCUT2D eigenvalue weighted by molar-refractivity contribution is 7.98. The zero-order chi connectivity index (χ0) is 15.0. The average Bonchev–Trinajstić information content (AvgIpc) is 2.85. The zero-order valence-electron chi connectivity index (χ0n) is 12.1. The number of hydrogen-bond donors (Lipinski definition) is 1. The summed E-state index contributed by atoms with van der Waals surface area (Å²) in [6, 6.07) is 9.92. The van der Waals surface area contributed by atoms with E-state index in [9.17, 15) is 0 Å². The summed E-state index contributed by atoms with van der Waals surface area (Å²) in [5.74, 6) is 8.31. The Morgan fingerprint density at radius 2 is 1.86 bits per heavy atom. The zero-order valence-corrected chi connectivity index (χ0v) is 12.9. The van der Waals surface area contributed by atoms with Crippen LogP contribution in [-0.4, -0.2) is 16.2 Å². The summed E-state index contributed by atoms with van der Waals surface area (Å²) in [7, 11) is 0. The van der Waals surface area contributed by atoms with E-state index in [1.54, 1.807) is 16.8 Å². The summed E-state index contributed by atoms with van der Waals surface area (Å²) < 4.78 is 5.58. The van der Waals surface area contributed by atoms with E-state index in [0.29, 0.717) is 17.4 Å². The van der Waals surface area contributed by atoms with Gasteiger partial charge in [-0.05, 0) is 50.4 Å². The number of thioether (sulfide) groups is 1. The molecule has 2 aromatic heterocycles. The van der Waals surface area contributed by atoms with Gasteiger partial charge in [0.15, 0.2) is 5.82 Å². The van der Waals surface area contributed by atoms with Crippen LogP contribution in [0, 0.1) is 13.8 Å². The van der Waals surface area contributed by atoms with Crippen molar-refractivity contribution in [1.82, 2.24) is 9.97 Å². The minimum atomic E-state index is 0.561. The van der Waals surface area contributed by atoms with Crippen molar-refractivity contribution in [2.45, 2.75) is 18.7 Å². The fourth-order valence-corrected chi connectivity index (χ4v) is 2.59. The third-order valence-corrected chi connectivity index (χ3v) is 3.93. The molecule has 1 aromatic carbocycles. The van der Waals surface area contributed by atoms with Crippen LogP contribution < -0.4 is 10.9 Å². The molecule has 0 amide bonds. The third-order valence-electron chi connectivity index (χ3n) is 3.19. The third kappa shape index (κ3) is 2.59. The predicted molar refractivity (Wildman–Crippen MR) is 85.8 cm³/mol. The number of nitrogens with zero attached hydrogens (tertiary/aromatic N) is 3. The van der Waals surface area contributed by atoms with Gasteiger partial charge in [0, 0.05) is 4.90 Å². The number of aromatic nitrogens is 2. The molecule has 5 nitrogen and oxygen atoms in total. The summed E-state index contributed by atoms with van der Waals surface area (Å²) in [4.78, 5) is 9.95. The number of benzene rings is 1. The minimum absolute atomic E-state index is 0.561. The molecule has 0 aliphatic carbocycles. The van der Waals surface area contributed by atoms with Crippen LogP contribution >= 0.6 is 11.8 Å². The van der Waals surface area contributed by atoms with Crippen LogP contribution in [0.3, 0.4) is 0 Å².